The molecule has 0 radical (unpaired) electrons. The number of carbonyl (C=O) groups excluding carboxylic acids is 1. The van der Waals surface area contributed by atoms with Gasteiger partial charge in [0.25, 0.3) is 0 Å². The lowest BCUT2D eigenvalue weighted by atomic mass is 10.2. The van der Waals surface area contributed by atoms with Gasteiger partial charge in [0.1, 0.15) is 0 Å². The molecule has 0 aromatic carbocycles. The van der Waals surface area contributed by atoms with E-state index in [-0.39, 0.29) is 12.1 Å². The van der Waals surface area contributed by atoms with Gasteiger partial charge in [-0.1, -0.05) is 6.07 Å². The number of esters is 1. The summed E-state index contributed by atoms with van der Waals surface area (Å²) in [6, 6.07) is 3.87. The fourth-order valence-electron chi connectivity index (χ4n) is 1.72. The van der Waals surface area contributed by atoms with Gasteiger partial charge in [-0.2, -0.15) is 0 Å². The molecule has 1 aliphatic heterocycles. The van der Waals surface area contributed by atoms with E-state index < -0.39 is 0 Å². The van der Waals surface area contributed by atoms with Crippen LogP contribution >= 0.6 is 23.5 Å². The maximum atomic E-state index is 12.0. The fraction of sp³-hybridized carbons (Fsp3) is 0.538. The lowest BCUT2D eigenvalue weighted by Crippen LogP contribution is -2.16. The summed E-state index contributed by atoms with van der Waals surface area (Å²) in [6.07, 6.45) is 2.77. The maximum Gasteiger partial charge on any atom is 0.357 e. The van der Waals surface area contributed by atoms with Crippen LogP contribution in [0.4, 0.5) is 0 Å². The Morgan fingerprint density at radius 2 is 2.17 bits per heavy atom. The molecule has 0 bridgehead atoms. The third-order valence-corrected chi connectivity index (χ3v) is 5.43. The highest BCUT2D eigenvalue weighted by atomic mass is 32.2. The zero-order valence-electron chi connectivity index (χ0n) is 10.6. The second-order valence-corrected chi connectivity index (χ2v) is 7.05. The number of hydrogen-bond donors (Lipinski definition) is 0. The molecule has 0 N–H and O–H groups in total. The highest BCUT2D eigenvalue weighted by molar-refractivity contribution is 8.16. The minimum atomic E-state index is -0.313. The van der Waals surface area contributed by atoms with Gasteiger partial charge in [-0.3, -0.25) is 0 Å². The van der Waals surface area contributed by atoms with E-state index in [0.29, 0.717) is 10.3 Å². The Bertz CT molecular complexity index is 417. The van der Waals surface area contributed by atoms with E-state index in [4.69, 9.17) is 4.74 Å². The first-order valence-corrected chi connectivity index (χ1v) is 8.17. The van der Waals surface area contributed by atoms with Crippen molar-refractivity contribution in [2.24, 2.45) is 0 Å². The predicted octanol–water partition coefficient (Wildman–Crippen LogP) is 3.52. The molecule has 2 rings (SSSR count). The summed E-state index contributed by atoms with van der Waals surface area (Å²) in [7, 11) is 0. The molecule has 98 valence electrons. The molecule has 5 heteroatoms. The van der Waals surface area contributed by atoms with Crippen LogP contribution in [-0.4, -0.2) is 28.6 Å². The van der Waals surface area contributed by atoms with E-state index in [1.807, 2.05) is 49.5 Å². The van der Waals surface area contributed by atoms with Crippen molar-refractivity contribution in [1.29, 1.82) is 0 Å². The Kier molecular flexibility index (Phi) is 4.95. The first-order chi connectivity index (χ1) is 8.68. The van der Waals surface area contributed by atoms with Gasteiger partial charge in [0.05, 0.1) is 10.7 Å². The van der Waals surface area contributed by atoms with Crippen molar-refractivity contribution < 1.29 is 9.53 Å². The van der Waals surface area contributed by atoms with Crippen molar-refractivity contribution >= 4 is 29.5 Å². The predicted molar refractivity (Wildman–Crippen MR) is 77.1 cm³/mol. The average Bonchev–Trinajstić information content (AvgIpc) is 2.39. The molecule has 18 heavy (non-hydrogen) atoms. The van der Waals surface area contributed by atoms with Crippen molar-refractivity contribution in [3.05, 3.63) is 29.6 Å². The average molecular weight is 283 g/mol. The Balaban J connectivity index is 2.21. The normalized spacial score (nSPS) is 16.8. The summed E-state index contributed by atoms with van der Waals surface area (Å²) >= 11 is 3.76. The maximum absolute atomic E-state index is 12.0. The third-order valence-electron chi connectivity index (χ3n) is 2.46. The van der Waals surface area contributed by atoms with Crippen LogP contribution in [0, 0.1) is 0 Å². The number of hydrogen-bond acceptors (Lipinski definition) is 5. The van der Waals surface area contributed by atoms with E-state index in [0.717, 1.165) is 17.1 Å². The molecule has 2 heterocycles. The molecule has 0 unspecified atom stereocenters. The molecular formula is C13H17NO2S2. The van der Waals surface area contributed by atoms with E-state index >= 15 is 0 Å². The van der Waals surface area contributed by atoms with E-state index in [1.165, 1.54) is 6.42 Å². The Morgan fingerprint density at radius 3 is 2.83 bits per heavy atom. The number of thioether (sulfide) groups is 2. The van der Waals surface area contributed by atoms with Crippen LogP contribution in [0.2, 0.25) is 0 Å². The van der Waals surface area contributed by atoms with E-state index in [1.54, 1.807) is 6.20 Å². The molecule has 1 aliphatic rings. The second-order valence-electron chi connectivity index (χ2n) is 4.32. The van der Waals surface area contributed by atoms with Crippen molar-refractivity contribution in [1.82, 2.24) is 4.98 Å². The molecule has 1 fully saturated rings. The van der Waals surface area contributed by atoms with Gasteiger partial charge in [-0.15, -0.1) is 23.5 Å². The smallest absolute Gasteiger partial charge is 0.357 e. The summed E-state index contributed by atoms with van der Waals surface area (Å²) in [5.41, 5.74) is 1.47. The lowest BCUT2D eigenvalue weighted by molar-refractivity contribution is 0.0370. The number of aromatic nitrogens is 1. The summed E-state index contributed by atoms with van der Waals surface area (Å²) < 4.78 is 5.56. The van der Waals surface area contributed by atoms with Gasteiger partial charge in [-0.05, 0) is 37.8 Å². The van der Waals surface area contributed by atoms with Gasteiger partial charge in [0.2, 0.25) is 0 Å². The number of carbonyl (C=O) groups is 1. The molecule has 0 spiro atoms. The van der Waals surface area contributed by atoms with Crippen molar-refractivity contribution in [2.75, 3.05) is 11.5 Å². The van der Waals surface area contributed by atoms with Crippen LogP contribution in [-0.2, 0) is 4.74 Å². The first kappa shape index (κ1) is 13.7. The van der Waals surface area contributed by atoms with Gasteiger partial charge in [0, 0.05) is 11.8 Å². The molecule has 1 saturated heterocycles. The Morgan fingerprint density at radius 1 is 1.44 bits per heavy atom. The number of nitrogens with zero attached hydrogens (tertiary/aromatic N) is 1. The Labute approximate surface area is 116 Å². The van der Waals surface area contributed by atoms with Crippen LogP contribution in [0.3, 0.4) is 0 Å². The molecule has 0 atom stereocenters. The van der Waals surface area contributed by atoms with Crippen molar-refractivity contribution in [3.63, 3.8) is 0 Å². The molecule has 0 saturated carbocycles. The molecular weight excluding hydrogens is 266 g/mol. The van der Waals surface area contributed by atoms with Gasteiger partial charge in [0.15, 0.2) is 5.69 Å². The van der Waals surface area contributed by atoms with Gasteiger partial charge >= 0.3 is 5.97 Å². The number of pyridine rings is 1. The van der Waals surface area contributed by atoms with Crippen molar-refractivity contribution in [3.8, 4) is 0 Å². The quantitative estimate of drug-likeness (QED) is 0.794. The standard InChI is InChI=1S/C13H17NO2S2/c1-9(2)16-12(15)11-10(5-3-6-14-11)13-17-7-4-8-18-13/h3,5-6,9,13H,4,7-8H2,1-2H3. The monoisotopic (exact) mass is 283 g/mol. The van der Waals surface area contributed by atoms with E-state index in [9.17, 15) is 4.79 Å². The molecule has 3 nitrogen and oxygen atoms in total. The topological polar surface area (TPSA) is 39.2 Å². The summed E-state index contributed by atoms with van der Waals surface area (Å²) in [5.74, 6) is 1.98. The zero-order valence-corrected chi connectivity index (χ0v) is 12.2. The van der Waals surface area contributed by atoms with Gasteiger partial charge < -0.3 is 4.74 Å². The molecule has 1 aromatic heterocycles. The largest absolute Gasteiger partial charge is 0.458 e. The number of ether oxygens (including phenoxy) is 1. The third kappa shape index (κ3) is 3.42. The molecule has 0 aliphatic carbocycles. The summed E-state index contributed by atoms with van der Waals surface area (Å²) in [5, 5.41) is 0. The SMILES string of the molecule is CC(C)OC(=O)c1ncccc1C1SCCCS1. The summed E-state index contributed by atoms with van der Waals surface area (Å²) in [4.78, 5) is 16.2. The highest BCUT2D eigenvalue weighted by Crippen LogP contribution is 2.44. The molecule has 1 aromatic rings. The lowest BCUT2D eigenvalue weighted by Gasteiger charge is -2.22. The highest BCUT2D eigenvalue weighted by Gasteiger charge is 2.24. The Hall–Kier alpha value is -0.680. The van der Waals surface area contributed by atoms with Gasteiger partial charge in [-0.25, -0.2) is 9.78 Å². The zero-order chi connectivity index (χ0) is 13.0. The van der Waals surface area contributed by atoms with Crippen LogP contribution in [0.1, 0.15) is 40.9 Å². The minimum absolute atomic E-state index is 0.112. The minimum Gasteiger partial charge on any atom is -0.458 e. The van der Waals surface area contributed by atoms with Crippen LogP contribution < -0.4 is 0 Å². The van der Waals surface area contributed by atoms with E-state index in [2.05, 4.69) is 4.98 Å². The number of rotatable bonds is 3. The van der Waals surface area contributed by atoms with Crippen LogP contribution in [0.15, 0.2) is 18.3 Å². The van der Waals surface area contributed by atoms with Crippen LogP contribution in [0.25, 0.3) is 0 Å². The second kappa shape index (κ2) is 6.48. The fourth-order valence-corrected chi connectivity index (χ4v) is 4.65. The first-order valence-electron chi connectivity index (χ1n) is 6.07. The van der Waals surface area contributed by atoms with Crippen molar-refractivity contribution in [2.45, 2.75) is 31.0 Å². The van der Waals surface area contributed by atoms with Crippen LogP contribution in [0.5, 0.6) is 0 Å². The summed E-state index contributed by atoms with van der Waals surface area (Å²) in [6.45, 7) is 3.70. The molecule has 0 amide bonds.